The summed E-state index contributed by atoms with van der Waals surface area (Å²) in [5.41, 5.74) is 0. The highest BCUT2D eigenvalue weighted by atomic mass is 16.6. The van der Waals surface area contributed by atoms with Gasteiger partial charge in [0.15, 0.2) is 0 Å². The van der Waals surface area contributed by atoms with Crippen molar-refractivity contribution in [3.05, 3.63) is 0 Å². The van der Waals surface area contributed by atoms with Crippen LogP contribution in [0.25, 0.3) is 0 Å². The Morgan fingerprint density at radius 2 is 0.505 bits per heavy atom. The zero-order chi connectivity index (χ0) is 71.3. The van der Waals surface area contributed by atoms with E-state index < -0.39 is 60.1 Å². The van der Waals surface area contributed by atoms with E-state index in [4.69, 9.17) is 52.1 Å². The van der Waals surface area contributed by atoms with Gasteiger partial charge in [0, 0.05) is 172 Å². The topological polar surface area (TPSA) is 398 Å². The first kappa shape index (κ1) is 89.0. The van der Waals surface area contributed by atoms with Gasteiger partial charge in [0.05, 0.1) is 182 Å². The van der Waals surface area contributed by atoms with E-state index in [0.717, 1.165) is 6.42 Å². The number of ether oxygens (including phenoxy) is 11. The van der Waals surface area contributed by atoms with Crippen LogP contribution in [0.4, 0.5) is 0 Å². The molecule has 2 fully saturated rings. The first-order valence-electron chi connectivity index (χ1n) is 33.8. The molecule has 97 heavy (non-hydrogen) atoms. The number of rotatable bonds is 56. The summed E-state index contributed by atoms with van der Waals surface area (Å²) >= 11 is 0. The first-order chi connectivity index (χ1) is 46.7. The van der Waals surface area contributed by atoms with Crippen LogP contribution >= 0.6 is 0 Å². The Morgan fingerprint density at radius 3 is 0.711 bits per heavy atom. The molecule has 2 aliphatic heterocycles. The lowest BCUT2D eigenvalue weighted by atomic mass is 10.1. The monoisotopic (exact) mass is 1400 g/mol. The van der Waals surface area contributed by atoms with E-state index >= 15 is 0 Å². The van der Waals surface area contributed by atoms with Crippen molar-refractivity contribution >= 4 is 35.8 Å². The number of methoxy groups -OCH3 is 3. The molecule has 0 aromatic heterocycles. The Morgan fingerprint density at radius 1 is 0.309 bits per heavy atom. The largest absolute Gasteiger partial charge is 0.480 e. The third-order valence-corrected chi connectivity index (χ3v) is 15.9. The molecule has 0 aromatic carbocycles. The van der Waals surface area contributed by atoms with Gasteiger partial charge in [0.2, 0.25) is 0 Å². The minimum absolute atomic E-state index is 0.0214. The van der Waals surface area contributed by atoms with Gasteiger partial charge in [-0.2, -0.15) is 0 Å². The van der Waals surface area contributed by atoms with E-state index in [1.807, 2.05) is 21.6 Å². The van der Waals surface area contributed by atoms with E-state index in [1.165, 1.54) is 0 Å². The number of aliphatic hydroxyl groups excluding tert-OH is 2. The second-order valence-corrected chi connectivity index (χ2v) is 24.0. The van der Waals surface area contributed by atoms with Crippen molar-refractivity contribution in [3.63, 3.8) is 0 Å². The van der Waals surface area contributed by atoms with Crippen LogP contribution in [0, 0.1) is 0 Å². The number of carbonyl (C=O) groups is 6. The molecule has 0 bridgehead atoms. The molecule has 0 aromatic rings. The van der Waals surface area contributed by atoms with Crippen LogP contribution in [0.15, 0.2) is 0 Å². The van der Waals surface area contributed by atoms with Gasteiger partial charge >= 0.3 is 35.8 Å². The van der Waals surface area contributed by atoms with Crippen molar-refractivity contribution in [3.8, 4) is 0 Å². The van der Waals surface area contributed by atoms with Crippen molar-refractivity contribution in [1.29, 1.82) is 0 Å². The number of β-amino-alcohol motifs (C(OH)–C–C–N with tert-alkyl or cyclic N) is 2. The molecule has 568 valence electrons. The third kappa shape index (κ3) is 48.4. The molecular weight excluding hydrogens is 1280 g/mol. The highest BCUT2D eigenvalue weighted by Crippen LogP contribution is 2.13. The van der Waals surface area contributed by atoms with Gasteiger partial charge < -0.3 is 93.0 Å². The molecule has 35 heteroatoms. The molecule has 2 heterocycles. The number of aliphatic carboxylic acids is 6. The summed E-state index contributed by atoms with van der Waals surface area (Å²) in [5, 5.41) is 84.2. The summed E-state index contributed by atoms with van der Waals surface area (Å²) in [6.45, 7) is 9.45. The third-order valence-electron chi connectivity index (χ3n) is 15.9. The second-order valence-electron chi connectivity index (χ2n) is 24.0. The van der Waals surface area contributed by atoms with E-state index in [0.29, 0.717) is 52.9 Å². The van der Waals surface area contributed by atoms with Gasteiger partial charge in [-0.15, -0.1) is 0 Å². The standard InChI is InChI=1S/C62H120N10O25/c1-5-24-90-31-35-94-49-53(50-95-36-32-91-28-25-87-2)71(41-55(73)39-63-6-10-65(43-57(75)76)14-18-69(47-61(83)84)19-15-66(11-7-63)44-58(77)78)22-23-72(54(51-96-37-33-92-29-26-88-3)52-97-38-34-93-30-27-89-4)42-56(74)40-64-8-12-67(45-59(79)80)16-20-70(48-62(85)86)21-17-68(13-9-64)46-60(81)82/h53-56,73-74H,5-52H2,1-4H3,(H,75,76)(H,77,78)(H,79,80)(H,81,82)(H,83,84)(H,85,86). The van der Waals surface area contributed by atoms with Crippen LogP contribution in [0.1, 0.15) is 13.3 Å². The van der Waals surface area contributed by atoms with Gasteiger partial charge in [-0.3, -0.25) is 77.8 Å². The van der Waals surface area contributed by atoms with Gasteiger partial charge in [-0.1, -0.05) is 6.92 Å². The Hall–Kier alpha value is -4.10. The highest BCUT2D eigenvalue weighted by molar-refractivity contribution is 5.71. The molecule has 35 nitrogen and oxygen atoms in total. The Kier molecular flexibility index (Phi) is 52.8. The quantitative estimate of drug-likeness (QED) is 0.0266. The fraction of sp³-hybridized carbons (Fsp3) is 0.903. The van der Waals surface area contributed by atoms with Crippen molar-refractivity contribution < 1.29 is 122 Å². The molecule has 3 unspecified atom stereocenters. The number of nitrogens with zero attached hydrogens (tertiary/aromatic N) is 10. The summed E-state index contributed by atoms with van der Waals surface area (Å²) in [5.74, 6) is -6.43. The average molecular weight is 1410 g/mol. The molecule has 2 saturated heterocycles. The summed E-state index contributed by atoms with van der Waals surface area (Å²) < 4.78 is 63.7. The van der Waals surface area contributed by atoms with Crippen molar-refractivity contribution in [2.45, 2.75) is 37.6 Å². The normalized spacial score (nSPS) is 17.8. The number of carboxylic acid groups (broad SMARTS) is 6. The molecule has 3 atom stereocenters. The summed E-state index contributed by atoms with van der Waals surface area (Å²) in [6, 6.07) is -1.06. The van der Waals surface area contributed by atoms with E-state index in [2.05, 4.69) is 4.90 Å². The zero-order valence-electron chi connectivity index (χ0n) is 58.2. The van der Waals surface area contributed by atoms with Gasteiger partial charge in [-0.05, 0) is 6.42 Å². The molecule has 8 N–H and O–H groups in total. The van der Waals surface area contributed by atoms with E-state index in [1.54, 1.807) is 50.7 Å². The SMILES string of the molecule is CCCOCCOCC(COCCOCCOC)N(CCN(CC(O)CN1CCN(CC(=O)O)CCN(CC(=O)O)CCN(CC(=O)O)CC1)C(COCCOCCOC)COCCOCCOC)CC(O)CN1CCN(CC(=O)O)CCN(CC(=O)O)CCN(CC(=O)O)CC1. The summed E-state index contributed by atoms with van der Waals surface area (Å²) in [6.07, 6.45) is -1.39. The van der Waals surface area contributed by atoms with E-state index in [-0.39, 0.29) is 256 Å². The predicted molar refractivity (Wildman–Crippen MR) is 353 cm³/mol. The molecule has 2 rings (SSSR count). The summed E-state index contributed by atoms with van der Waals surface area (Å²) in [7, 11) is 4.73. The lowest BCUT2D eigenvalue weighted by Crippen LogP contribution is -2.55. The lowest BCUT2D eigenvalue weighted by Gasteiger charge is -2.39. The Labute approximate surface area is 572 Å². The van der Waals surface area contributed by atoms with Gasteiger partial charge in [0.25, 0.3) is 0 Å². The number of carboxylic acids is 6. The van der Waals surface area contributed by atoms with Crippen molar-refractivity contribution in [1.82, 2.24) is 49.0 Å². The molecule has 0 spiro atoms. The fourth-order valence-corrected chi connectivity index (χ4v) is 10.8. The first-order valence-corrected chi connectivity index (χ1v) is 33.8. The van der Waals surface area contributed by atoms with Crippen molar-refractivity contribution in [2.75, 3.05) is 330 Å². The Balaban J connectivity index is 2.80. The minimum atomic E-state index is -1.10. The molecule has 0 radical (unpaired) electrons. The smallest absolute Gasteiger partial charge is 0.317 e. The maximum atomic E-state index is 12.5. The van der Waals surface area contributed by atoms with Crippen LogP contribution in [-0.2, 0) is 80.9 Å². The minimum Gasteiger partial charge on any atom is -0.480 e. The van der Waals surface area contributed by atoms with Crippen LogP contribution < -0.4 is 0 Å². The number of hydrogen-bond acceptors (Lipinski definition) is 29. The Bertz CT molecular complexity index is 1960. The van der Waals surface area contributed by atoms with Gasteiger partial charge in [0.1, 0.15) is 0 Å². The van der Waals surface area contributed by atoms with Crippen LogP contribution in [0.5, 0.6) is 0 Å². The lowest BCUT2D eigenvalue weighted by molar-refractivity contribution is -0.140. The van der Waals surface area contributed by atoms with Crippen molar-refractivity contribution in [2.24, 2.45) is 0 Å². The average Bonchev–Trinajstić information content (AvgIpc) is 1.08. The van der Waals surface area contributed by atoms with Crippen LogP contribution in [-0.4, -0.2) is 480 Å². The van der Waals surface area contributed by atoms with Gasteiger partial charge in [-0.25, -0.2) is 0 Å². The zero-order valence-corrected chi connectivity index (χ0v) is 58.2. The fourth-order valence-electron chi connectivity index (χ4n) is 10.8. The van der Waals surface area contributed by atoms with Crippen LogP contribution in [0.2, 0.25) is 0 Å². The molecular formula is C62H120N10O25. The molecule has 2 aliphatic rings. The van der Waals surface area contributed by atoms with E-state index in [9.17, 15) is 69.6 Å². The molecule has 0 amide bonds. The highest BCUT2D eigenvalue weighted by Gasteiger charge is 2.30. The summed E-state index contributed by atoms with van der Waals surface area (Å²) in [4.78, 5) is 90.6. The molecule has 0 aliphatic carbocycles. The van der Waals surface area contributed by atoms with Crippen LogP contribution in [0.3, 0.4) is 0 Å². The molecule has 0 saturated carbocycles. The second kappa shape index (κ2) is 57.5. The predicted octanol–water partition coefficient (Wildman–Crippen LogP) is -4.52. The number of aliphatic hydroxyl groups is 2. The maximum absolute atomic E-state index is 12.5. The maximum Gasteiger partial charge on any atom is 0.317 e. The number of hydrogen-bond donors (Lipinski definition) is 8.